The first-order chi connectivity index (χ1) is 24.7. The van der Waals surface area contributed by atoms with Crippen molar-refractivity contribution in [1.29, 1.82) is 0 Å². The molecule has 1 heterocycles. The number of alkyl carbamates (subject to hydrolysis) is 1. The number of carbonyl (C=O) groups is 1. The van der Waals surface area contributed by atoms with E-state index < -0.39 is 54.7 Å². The Morgan fingerprint density at radius 3 is 1.77 bits per heavy atom. The Morgan fingerprint density at radius 1 is 0.788 bits per heavy atom. The van der Waals surface area contributed by atoms with Gasteiger partial charge in [-0.15, -0.1) is 0 Å². The zero-order chi connectivity index (χ0) is 37.4. The lowest BCUT2D eigenvalue weighted by Gasteiger charge is -2.44. The second-order valence-corrected chi connectivity index (χ2v) is 20.6. The Hall–Kier alpha value is -3.84. The lowest BCUT2D eigenvalue weighted by molar-refractivity contribution is -0.155. The van der Waals surface area contributed by atoms with Gasteiger partial charge in [-0.3, -0.25) is 4.18 Å². The van der Waals surface area contributed by atoms with Crippen LogP contribution in [-0.2, 0) is 46.0 Å². The van der Waals surface area contributed by atoms with Crippen LogP contribution in [0.5, 0.6) is 0 Å². The number of benzene rings is 4. The highest BCUT2D eigenvalue weighted by molar-refractivity contribution is 7.86. The van der Waals surface area contributed by atoms with E-state index in [1.54, 1.807) is 13.8 Å². The van der Waals surface area contributed by atoms with Crippen molar-refractivity contribution in [2.75, 3.05) is 12.9 Å². The molecule has 4 atom stereocenters. The number of aryl methyl sites for hydroxylation is 1. The molecule has 1 aliphatic heterocycles. The Balaban J connectivity index is 1.53. The fourth-order valence-electron chi connectivity index (χ4n) is 6.97. The van der Waals surface area contributed by atoms with Crippen molar-refractivity contribution in [2.24, 2.45) is 0 Å². The summed E-state index contributed by atoms with van der Waals surface area (Å²) in [5.41, 5.74) is 1.85. The Labute approximate surface area is 309 Å². The van der Waals surface area contributed by atoms with Crippen molar-refractivity contribution >= 4 is 34.9 Å². The van der Waals surface area contributed by atoms with Crippen LogP contribution in [0.2, 0.25) is 5.04 Å². The van der Waals surface area contributed by atoms with Crippen molar-refractivity contribution in [3.63, 3.8) is 0 Å². The summed E-state index contributed by atoms with van der Waals surface area (Å²) in [6, 6.07) is 38.8. The number of amides is 1. The minimum absolute atomic E-state index is 0.0125. The van der Waals surface area contributed by atoms with E-state index in [1.807, 2.05) is 97.1 Å². The van der Waals surface area contributed by atoms with E-state index in [4.69, 9.17) is 22.8 Å². The van der Waals surface area contributed by atoms with Crippen molar-refractivity contribution < 1.29 is 36.0 Å². The number of nitrogens with one attached hydrogen (secondary N) is 1. The van der Waals surface area contributed by atoms with E-state index >= 15 is 0 Å². The van der Waals surface area contributed by atoms with Crippen molar-refractivity contribution in [2.45, 2.75) is 89.2 Å². The molecule has 1 saturated heterocycles. The van der Waals surface area contributed by atoms with Crippen LogP contribution in [0.4, 0.5) is 4.79 Å². The molecule has 0 aliphatic carbocycles. The quantitative estimate of drug-likeness (QED) is 0.111. The Bertz CT molecular complexity index is 1780. The van der Waals surface area contributed by atoms with Gasteiger partial charge in [0, 0.05) is 0 Å². The van der Waals surface area contributed by atoms with Gasteiger partial charge < -0.3 is 24.0 Å². The third-order valence-corrected chi connectivity index (χ3v) is 14.8. The largest absolute Gasteiger partial charge is 0.445 e. The highest BCUT2D eigenvalue weighted by Crippen LogP contribution is 2.39. The van der Waals surface area contributed by atoms with E-state index in [-0.39, 0.29) is 18.3 Å². The molecule has 1 aliphatic rings. The number of hydrogen-bond acceptors (Lipinski definition) is 8. The molecule has 0 spiro atoms. The first-order valence-corrected chi connectivity index (χ1v) is 21.4. The molecule has 1 fully saturated rings. The molecule has 4 aromatic rings. The molecule has 1 amide bonds. The van der Waals surface area contributed by atoms with Gasteiger partial charge in [-0.05, 0) is 53.2 Å². The first-order valence-electron chi connectivity index (χ1n) is 17.7. The molecule has 278 valence electrons. The van der Waals surface area contributed by atoms with Gasteiger partial charge in [0.25, 0.3) is 18.4 Å². The van der Waals surface area contributed by atoms with E-state index in [0.717, 1.165) is 27.8 Å². The molecule has 0 unspecified atom stereocenters. The van der Waals surface area contributed by atoms with Gasteiger partial charge in [0.1, 0.15) is 24.9 Å². The summed E-state index contributed by atoms with van der Waals surface area (Å²) in [7, 11) is -7.00. The lowest BCUT2D eigenvalue weighted by atomic mass is 9.97. The summed E-state index contributed by atoms with van der Waals surface area (Å²) in [5.74, 6) is -1.13. The van der Waals surface area contributed by atoms with Crippen LogP contribution in [-0.4, -0.2) is 65.8 Å². The highest BCUT2D eigenvalue weighted by atomic mass is 32.2. The summed E-state index contributed by atoms with van der Waals surface area (Å²) < 4.78 is 57.2. The van der Waals surface area contributed by atoms with Crippen molar-refractivity contribution in [1.82, 2.24) is 5.32 Å². The van der Waals surface area contributed by atoms with Crippen LogP contribution >= 0.6 is 0 Å². The smallest absolute Gasteiger partial charge is 0.407 e. The molecule has 1 N–H and O–H groups in total. The normalized spacial score (nSPS) is 18.7. The number of hydrogen-bond donors (Lipinski definition) is 1. The van der Waals surface area contributed by atoms with Gasteiger partial charge in [-0.1, -0.05) is 142 Å². The zero-order valence-corrected chi connectivity index (χ0v) is 32.7. The Kier molecular flexibility index (Phi) is 12.8. The third-order valence-electron chi connectivity index (χ3n) is 9.20. The van der Waals surface area contributed by atoms with Gasteiger partial charge in [0.2, 0.25) is 0 Å². The van der Waals surface area contributed by atoms with Crippen LogP contribution in [0.15, 0.2) is 121 Å². The topological polar surface area (TPSA) is 109 Å². The van der Waals surface area contributed by atoms with Crippen LogP contribution < -0.4 is 15.7 Å². The van der Waals surface area contributed by atoms with Gasteiger partial charge in [-0.25, -0.2) is 4.79 Å². The van der Waals surface area contributed by atoms with Gasteiger partial charge in [0.05, 0.1) is 18.9 Å². The maximum absolute atomic E-state index is 13.6. The van der Waals surface area contributed by atoms with E-state index in [2.05, 4.69) is 50.4 Å². The number of ether oxygens (including phenoxy) is 3. The summed E-state index contributed by atoms with van der Waals surface area (Å²) in [4.78, 5) is 13.6. The van der Waals surface area contributed by atoms with Crippen molar-refractivity contribution in [3.05, 3.63) is 132 Å². The molecule has 0 saturated carbocycles. The molecule has 52 heavy (non-hydrogen) atoms. The summed E-state index contributed by atoms with van der Waals surface area (Å²) in [6.07, 6.45) is -1.49. The molecule has 4 aromatic carbocycles. The highest BCUT2D eigenvalue weighted by Gasteiger charge is 2.54. The predicted octanol–water partition coefficient (Wildman–Crippen LogP) is 6.36. The minimum Gasteiger partial charge on any atom is -0.445 e. The maximum atomic E-state index is 13.6. The summed E-state index contributed by atoms with van der Waals surface area (Å²) in [6.45, 7) is 10.1. The first kappa shape index (κ1) is 39.4. The van der Waals surface area contributed by atoms with Crippen LogP contribution in [0.3, 0.4) is 0 Å². The SMILES string of the molecule is CC1(C)O[C@@H]([C@H](CO[Si](c2ccccc2)(c2ccccc2)C(C)(C)C)NC(=O)OCc2ccccc2)[C@@H]([C@@H](CCc2ccccc2)OS(C)(=O)=O)O1. The number of carbonyl (C=O) groups excluding carboxylic acids is 1. The van der Waals surface area contributed by atoms with Gasteiger partial charge >= 0.3 is 6.09 Å². The fraction of sp³-hybridized carbons (Fsp3) is 0.390. The van der Waals surface area contributed by atoms with Gasteiger partial charge in [0.15, 0.2) is 5.79 Å². The monoisotopic (exact) mass is 745 g/mol. The standard InChI is InChI=1S/C41H51NO8SSi/c1-40(2,3)52(33-23-15-9-16-24-33,34-25-17-10-18-26-34)47-30-35(42-39(43)46-29-32-21-13-8-14-22-32)37-38(49-41(4,5)48-37)36(50-51(6,44)45)28-27-31-19-11-7-12-20-31/h7-26,35-38H,27-30H2,1-6H3,(H,42,43)/t35-,36+,37-,38+/m0/s1. The fourth-order valence-corrected chi connectivity index (χ4v) is 12.2. The Morgan fingerprint density at radius 2 is 1.27 bits per heavy atom. The van der Waals surface area contributed by atoms with Crippen LogP contribution in [0.25, 0.3) is 0 Å². The second kappa shape index (κ2) is 16.9. The third kappa shape index (κ3) is 10.2. The summed E-state index contributed by atoms with van der Waals surface area (Å²) >= 11 is 0. The molecular weight excluding hydrogens is 695 g/mol. The average molecular weight is 746 g/mol. The van der Waals surface area contributed by atoms with Gasteiger partial charge in [-0.2, -0.15) is 8.42 Å². The van der Waals surface area contributed by atoms with Crippen LogP contribution in [0.1, 0.15) is 52.2 Å². The minimum atomic E-state index is -3.91. The molecule has 0 aromatic heterocycles. The van der Waals surface area contributed by atoms with E-state index in [1.165, 1.54) is 0 Å². The number of rotatable bonds is 15. The van der Waals surface area contributed by atoms with E-state index in [9.17, 15) is 13.2 Å². The molecular formula is C41H51NO8SSi. The zero-order valence-electron chi connectivity index (χ0n) is 30.9. The molecule has 0 bridgehead atoms. The summed E-state index contributed by atoms with van der Waals surface area (Å²) in [5, 5.41) is 4.83. The maximum Gasteiger partial charge on any atom is 0.407 e. The average Bonchev–Trinajstić information content (AvgIpc) is 3.44. The second-order valence-electron chi connectivity index (χ2n) is 14.7. The predicted molar refractivity (Wildman–Crippen MR) is 205 cm³/mol. The molecule has 0 radical (unpaired) electrons. The van der Waals surface area contributed by atoms with Crippen LogP contribution in [0, 0.1) is 0 Å². The van der Waals surface area contributed by atoms with Crippen molar-refractivity contribution in [3.8, 4) is 0 Å². The molecule has 9 nitrogen and oxygen atoms in total. The lowest BCUT2D eigenvalue weighted by Crippen LogP contribution is -2.68. The molecule has 5 rings (SSSR count). The van der Waals surface area contributed by atoms with E-state index in [0.29, 0.717) is 12.8 Å². The molecule has 11 heteroatoms.